The Kier molecular flexibility index (Phi) is 7.14. The van der Waals surface area contributed by atoms with Gasteiger partial charge in [0.05, 0.1) is 5.69 Å². The Morgan fingerprint density at radius 1 is 1.14 bits per heavy atom. The Morgan fingerprint density at radius 3 is 2.14 bits per heavy atom. The minimum absolute atomic E-state index is 0.144. The van der Waals surface area contributed by atoms with Gasteiger partial charge in [0.25, 0.3) is 0 Å². The molecule has 0 aliphatic heterocycles. The van der Waals surface area contributed by atoms with Crippen molar-refractivity contribution in [2.75, 3.05) is 18.0 Å². The van der Waals surface area contributed by atoms with Crippen LogP contribution in [0.4, 0.5) is 5.13 Å². The van der Waals surface area contributed by atoms with Crippen molar-refractivity contribution in [2.24, 2.45) is 0 Å². The zero-order chi connectivity index (χ0) is 16.0. The lowest BCUT2D eigenvalue weighted by Crippen LogP contribution is -2.35. The fourth-order valence-corrected chi connectivity index (χ4v) is 3.46. The highest BCUT2D eigenvalue weighted by atomic mass is 32.1. The predicted octanol–water partition coefficient (Wildman–Crippen LogP) is 4.78. The highest BCUT2D eigenvalue weighted by molar-refractivity contribution is 7.15. The summed E-state index contributed by atoms with van der Waals surface area (Å²) >= 11 is 1.87. The van der Waals surface area contributed by atoms with Gasteiger partial charge in [-0.05, 0) is 39.5 Å². The Balaban J connectivity index is 2.96. The second-order valence-electron chi connectivity index (χ2n) is 7.05. The molecule has 1 aromatic rings. The number of thiazole rings is 1. The van der Waals surface area contributed by atoms with E-state index in [0.717, 1.165) is 19.6 Å². The normalized spacial score (nSPS) is 12.2. The van der Waals surface area contributed by atoms with Gasteiger partial charge in [-0.15, -0.1) is 11.3 Å². The van der Waals surface area contributed by atoms with Gasteiger partial charge in [0.1, 0.15) is 0 Å². The number of nitrogens with one attached hydrogen (secondary N) is 1. The molecule has 122 valence electrons. The summed E-state index contributed by atoms with van der Waals surface area (Å²) in [7, 11) is 0. The molecule has 0 fully saturated rings. The highest BCUT2D eigenvalue weighted by Crippen LogP contribution is 2.31. The summed E-state index contributed by atoms with van der Waals surface area (Å²) < 4.78 is 0. The highest BCUT2D eigenvalue weighted by Gasteiger charge is 2.19. The molecule has 0 bridgehead atoms. The van der Waals surface area contributed by atoms with Crippen molar-refractivity contribution in [2.45, 2.75) is 79.3 Å². The van der Waals surface area contributed by atoms with E-state index in [0.29, 0.717) is 5.92 Å². The molecule has 0 aliphatic carbocycles. The number of hydrogen-bond donors (Lipinski definition) is 1. The fraction of sp³-hybridized carbons (Fsp3) is 0.824. The van der Waals surface area contributed by atoms with Crippen molar-refractivity contribution in [1.82, 2.24) is 10.3 Å². The maximum absolute atomic E-state index is 4.95. The van der Waals surface area contributed by atoms with E-state index in [1.54, 1.807) is 0 Å². The van der Waals surface area contributed by atoms with E-state index in [2.05, 4.69) is 58.7 Å². The molecule has 0 unspecified atom stereocenters. The van der Waals surface area contributed by atoms with Crippen molar-refractivity contribution in [3.05, 3.63) is 10.6 Å². The summed E-state index contributed by atoms with van der Waals surface area (Å²) in [5, 5.41) is 4.80. The molecule has 0 amide bonds. The average Bonchev–Trinajstić information content (AvgIpc) is 2.79. The van der Waals surface area contributed by atoms with Crippen LogP contribution >= 0.6 is 11.3 Å². The van der Waals surface area contributed by atoms with Crippen LogP contribution in [-0.4, -0.2) is 23.6 Å². The molecule has 0 aliphatic rings. The van der Waals surface area contributed by atoms with Gasteiger partial charge in [-0.1, -0.05) is 27.7 Å². The van der Waals surface area contributed by atoms with Crippen molar-refractivity contribution < 1.29 is 0 Å². The molecule has 0 radical (unpaired) electrons. The first-order valence-corrected chi connectivity index (χ1v) is 9.09. The Bertz CT molecular complexity index is 412. The molecule has 21 heavy (non-hydrogen) atoms. The first kappa shape index (κ1) is 18.4. The largest absolute Gasteiger partial charge is 0.348 e. The van der Waals surface area contributed by atoms with Crippen LogP contribution in [0.25, 0.3) is 0 Å². The third kappa shape index (κ3) is 5.95. The Hall–Kier alpha value is -0.610. The second kappa shape index (κ2) is 8.14. The van der Waals surface area contributed by atoms with E-state index >= 15 is 0 Å². The second-order valence-corrected chi connectivity index (χ2v) is 8.11. The third-order valence-corrected chi connectivity index (χ3v) is 4.43. The molecule has 0 saturated heterocycles. The topological polar surface area (TPSA) is 28.2 Å². The van der Waals surface area contributed by atoms with Crippen LogP contribution in [0, 0.1) is 0 Å². The molecule has 1 aromatic heterocycles. The molecule has 1 N–H and O–H groups in total. The fourth-order valence-electron chi connectivity index (χ4n) is 2.25. The number of hydrogen-bond acceptors (Lipinski definition) is 4. The standard InChI is InChI=1S/C17H33N3S/c1-8-10-20(11-9-2)16-19-15(13(3)4)14(21-16)12-18-17(5,6)7/h13,18H,8-12H2,1-7H3. The van der Waals surface area contributed by atoms with Crippen LogP contribution in [0.3, 0.4) is 0 Å². The Labute approximate surface area is 135 Å². The SMILES string of the molecule is CCCN(CCC)c1nc(C(C)C)c(CNC(C)(C)C)s1. The summed E-state index contributed by atoms with van der Waals surface area (Å²) in [5.74, 6) is 0.483. The van der Waals surface area contributed by atoms with Gasteiger partial charge < -0.3 is 10.2 Å². The average molecular weight is 312 g/mol. The molecule has 1 rings (SSSR count). The smallest absolute Gasteiger partial charge is 0.185 e. The van der Waals surface area contributed by atoms with Crippen LogP contribution in [-0.2, 0) is 6.54 Å². The van der Waals surface area contributed by atoms with Gasteiger partial charge in [-0.2, -0.15) is 0 Å². The van der Waals surface area contributed by atoms with Gasteiger partial charge in [0, 0.05) is 30.1 Å². The number of nitrogens with zero attached hydrogens (tertiary/aromatic N) is 2. The molecule has 0 aromatic carbocycles. The molecular formula is C17H33N3S. The van der Waals surface area contributed by atoms with E-state index < -0.39 is 0 Å². The van der Waals surface area contributed by atoms with Gasteiger partial charge in [-0.3, -0.25) is 0 Å². The van der Waals surface area contributed by atoms with E-state index in [1.807, 2.05) is 11.3 Å². The molecule has 0 atom stereocenters. The van der Waals surface area contributed by atoms with E-state index in [9.17, 15) is 0 Å². The van der Waals surface area contributed by atoms with Gasteiger partial charge >= 0.3 is 0 Å². The van der Waals surface area contributed by atoms with Crippen molar-refractivity contribution >= 4 is 16.5 Å². The number of aromatic nitrogens is 1. The minimum Gasteiger partial charge on any atom is -0.348 e. The summed E-state index contributed by atoms with van der Waals surface area (Å²) in [6.45, 7) is 18.7. The molecule has 1 heterocycles. The van der Waals surface area contributed by atoms with Crippen LogP contribution in [0.1, 0.15) is 77.8 Å². The lowest BCUT2D eigenvalue weighted by atomic mass is 10.1. The molecule has 3 nitrogen and oxygen atoms in total. The van der Waals surface area contributed by atoms with Gasteiger partial charge in [0.2, 0.25) is 0 Å². The first-order chi connectivity index (χ1) is 9.78. The number of anilines is 1. The minimum atomic E-state index is 0.144. The number of rotatable bonds is 8. The van der Waals surface area contributed by atoms with E-state index in [-0.39, 0.29) is 5.54 Å². The monoisotopic (exact) mass is 311 g/mol. The molecule has 0 saturated carbocycles. The van der Waals surface area contributed by atoms with Crippen molar-refractivity contribution in [1.29, 1.82) is 0 Å². The molecular weight excluding hydrogens is 278 g/mol. The summed E-state index contributed by atoms with van der Waals surface area (Å²) in [6, 6.07) is 0. The lowest BCUT2D eigenvalue weighted by molar-refractivity contribution is 0.425. The van der Waals surface area contributed by atoms with Crippen LogP contribution in [0.2, 0.25) is 0 Å². The maximum Gasteiger partial charge on any atom is 0.185 e. The Morgan fingerprint density at radius 2 is 1.71 bits per heavy atom. The third-order valence-electron chi connectivity index (χ3n) is 3.30. The molecule has 0 spiro atoms. The summed E-state index contributed by atoms with van der Waals surface area (Å²) in [4.78, 5) is 8.79. The predicted molar refractivity (Wildman–Crippen MR) is 95.6 cm³/mol. The maximum atomic E-state index is 4.95. The first-order valence-electron chi connectivity index (χ1n) is 8.28. The van der Waals surface area contributed by atoms with E-state index in [1.165, 1.54) is 28.5 Å². The summed E-state index contributed by atoms with van der Waals surface area (Å²) in [6.07, 6.45) is 2.35. The quantitative estimate of drug-likeness (QED) is 0.749. The van der Waals surface area contributed by atoms with Crippen LogP contribution < -0.4 is 10.2 Å². The molecule has 4 heteroatoms. The van der Waals surface area contributed by atoms with Crippen molar-refractivity contribution in [3.63, 3.8) is 0 Å². The van der Waals surface area contributed by atoms with Gasteiger partial charge in [-0.25, -0.2) is 4.98 Å². The van der Waals surface area contributed by atoms with Crippen LogP contribution in [0.15, 0.2) is 0 Å². The van der Waals surface area contributed by atoms with E-state index in [4.69, 9.17) is 4.98 Å². The van der Waals surface area contributed by atoms with Crippen molar-refractivity contribution in [3.8, 4) is 0 Å². The lowest BCUT2D eigenvalue weighted by Gasteiger charge is -2.20. The zero-order valence-electron chi connectivity index (χ0n) is 14.9. The van der Waals surface area contributed by atoms with Crippen LogP contribution in [0.5, 0.6) is 0 Å². The van der Waals surface area contributed by atoms with Gasteiger partial charge in [0.15, 0.2) is 5.13 Å². The summed E-state index contributed by atoms with van der Waals surface area (Å²) in [5.41, 5.74) is 1.41. The zero-order valence-corrected chi connectivity index (χ0v) is 15.7.